The average molecular weight is 443 g/mol. The van der Waals surface area contributed by atoms with Crippen molar-refractivity contribution < 1.29 is 9.53 Å². The second-order valence-corrected chi connectivity index (χ2v) is 8.97. The van der Waals surface area contributed by atoms with E-state index in [4.69, 9.17) is 9.73 Å². The van der Waals surface area contributed by atoms with Crippen molar-refractivity contribution in [3.05, 3.63) is 100 Å². The van der Waals surface area contributed by atoms with Crippen molar-refractivity contribution in [3.8, 4) is 5.75 Å². The summed E-state index contributed by atoms with van der Waals surface area (Å²) in [6.45, 7) is 6.61. The molecule has 162 valence electrons. The normalized spacial score (nSPS) is 16.4. The largest absolute Gasteiger partial charge is 0.489 e. The van der Waals surface area contributed by atoms with Crippen molar-refractivity contribution in [2.24, 2.45) is 4.99 Å². The Morgan fingerprint density at radius 2 is 1.75 bits per heavy atom. The molecule has 3 aromatic rings. The highest BCUT2D eigenvalue weighted by Crippen LogP contribution is 2.35. The maximum atomic E-state index is 13.0. The molecule has 4 rings (SSSR count). The van der Waals surface area contributed by atoms with Gasteiger partial charge in [-0.1, -0.05) is 60.2 Å². The molecule has 1 fully saturated rings. The Hall–Kier alpha value is -3.31. The number of aryl methyl sites for hydroxylation is 1. The molecule has 0 saturated carbocycles. The third-order valence-electron chi connectivity index (χ3n) is 5.00. The molecule has 5 heteroatoms. The summed E-state index contributed by atoms with van der Waals surface area (Å²) < 4.78 is 5.90. The molecule has 0 atom stereocenters. The lowest BCUT2D eigenvalue weighted by Gasteiger charge is -2.19. The van der Waals surface area contributed by atoms with Crippen molar-refractivity contribution in [1.29, 1.82) is 0 Å². The standard InChI is InChI=1S/C27H26N2O2S/c1-19(2)29-26(30)25(32-27(29)28-23-10-5-4-6-11-23)17-21-12-14-24(15-13-21)31-18-22-9-7-8-20(3)16-22/h4-17,19H,18H2,1-3H3/b25-17+,28-27?. The smallest absolute Gasteiger partial charge is 0.266 e. The van der Waals surface area contributed by atoms with Crippen molar-refractivity contribution in [3.63, 3.8) is 0 Å². The lowest BCUT2D eigenvalue weighted by molar-refractivity contribution is -0.123. The zero-order chi connectivity index (χ0) is 22.5. The van der Waals surface area contributed by atoms with Gasteiger partial charge in [0.15, 0.2) is 5.17 Å². The Kier molecular flexibility index (Phi) is 6.76. The molecule has 0 bridgehead atoms. The van der Waals surface area contributed by atoms with E-state index < -0.39 is 0 Å². The Labute approximate surface area is 193 Å². The van der Waals surface area contributed by atoms with E-state index in [1.54, 1.807) is 4.90 Å². The van der Waals surface area contributed by atoms with Gasteiger partial charge in [-0.3, -0.25) is 9.69 Å². The van der Waals surface area contributed by atoms with Crippen LogP contribution in [0.4, 0.5) is 5.69 Å². The molecule has 32 heavy (non-hydrogen) atoms. The molecule has 0 unspecified atom stereocenters. The van der Waals surface area contributed by atoms with E-state index in [1.807, 2.05) is 80.6 Å². The first-order chi connectivity index (χ1) is 15.5. The topological polar surface area (TPSA) is 41.9 Å². The van der Waals surface area contributed by atoms with Crippen LogP contribution in [-0.2, 0) is 11.4 Å². The molecule has 1 saturated heterocycles. The number of hydrogen-bond donors (Lipinski definition) is 0. The summed E-state index contributed by atoms with van der Waals surface area (Å²) in [5.41, 5.74) is 4.15. The maximum Gasteiger partial charge on any atom is 0.266 e. The first kappa shape index (κ1) is 21.9. The zero-order valence-corrected chi connectivity index (χ0v) is 19.3. The highest BCUT2D eigenvalue weighted by atomic mass is 32.2. The molecular formula is C27H26N2O2S. The second kappa shape index (κ2) is 9.88. The van der Waals surface area contributed by atoms with E-state index >= 15 is 0 Å². The molecule has 0 aromatic heterocycles. The predicted molar refractivity (Wildman–Crippen MR) is 133 cm³/mol. The van der Waals surface area contributed by atoms with Crippen LogP contribution in [0.15, 0.2) is 88.8 Å². The molecule has 1 aliphatic heterocycles. The van der Waals surface area contributed by atoms with Crippen LogP contribution in [0.1, 0.15) is 30.5 Å². The molecule has 1 amide bonds. The van der Waals surface area contributed by atoms with E-state index in [9.17, 15) is 4.79 Å². The Morgan fingerprint density at radius 1 is 1.00 bits per heavy atom. The lowest BCUT2D eigenvalue weighted by atomic mass is 10.1. The summed E-state index contributed by atoms with van der Waals surface area (Å²) in [5.74, 6) is 0.786. The number of carbonyl (C=O) groups excluding carboxylic acids is 1. The summed E-state index contributed by atoms with van der Waals surface area (Å²) in [5, 5.41) is 0.709. The van der Waals surface area contributed by atoms with E-state index in [0.29, 0.717) is 16.7 Å². The monoisotopic (exact) mass is 442 g/mol. The zero-order valence-electron chi connectivity index (χ0n) is 18.5. The molecular weight excluding hydrogens is 416 g/mol. The summed E-state index contributed by atoms with van der Waals surface area (Å²) >= 11 is 1.41. The van der Waals surface area contributed by atoms with Gasteiger partial charge < -0.3 is 4.74 Å². The van der Waals surface area contributed by atoms with Crippen molar-refractivity contribution >= 4 is 34.6 Å². The van der Waals surface area contributed by atoms with Crippen LogP contribution in [0.5, 0.6) is 5.75 Å². The summed E-state index contributed by atoms with van der Waals surface area (Å²) in [6, 6.07) is 25.9. The highest BCUT2D eigenvalue weighted by Gasteiger charge is 2.35. The van der Waals surface area contributed by atoms with E-state index in [1.165, 1.54) is 17.3 Å². The number of aliphatic imine (C=N–C) groups is 1. The van der Waals surface area contributed by atoms with Gasteiger partial charge in [0, 0.05) is 6.04 Å². The number of amides is 1. The van der Waals surface area contributed by atoms with Gasteiger partial charge in [0.25, 0.3) is 5.91 Å². The fourth-order valence-corrected chi connectivity index (χ4v) is 4.53. The maximum absolute atomic E-state index is 13.0. The average Bonchev–Trinajstić information content (AvgIpc) is 3.08. The number of para-hydroxylation sites is 1. The van der Waals surface area contributed by atoms with Gasteiger partial charge in [-0.05, 0) is 74.0 Å². The van der Waals surface area contributed by atoms with Gasteiger partial charge in [-0.25, -0.2) is 4.99 Å². The molecule has 4 nitrogen and oxygen atoms in total. The number of thioether (sulfide) groups is 1. The minimum atomic E-state index is -0.0144. The molecule has 0 spiro atoms. The second-order valence-electron chi connectivity index (χ2n) is 7.96. The number of hydrogen-bond acceptors (Lipinski definition) is 4. The first-order valence-corrected chi connectivity index (χ1v) is 11.5. The van der Waals surface area contributed by atoms with E-state index in [-0.39, 0.29) is 11.9 Å². The van der Waals surface area contributed by atoms with Crippen molar-refractivity contribution in [2.75, 3.05) is 0 Å². The van der Waals surface area contributed by atoms with Crippen LogP contribution in [0.3, 0.4) is 0 Å². The lowest BCUT2D eigenvalue weighted by Crippen LogP contribution is -2.35. The quantitative estimate of drug-likeness (QED) is 0.405. The van der Waals surface area contributed by atoms with Gasteiger partial charge in [0.05, 0.1) is 10.6 Å². The van der Waals surface area contributed by atoms with Crippen LogP contribution >= 0.6 is 11.8 Å². The number of benzene rings is 3. The van der Waals surface area contributed by atoms with Crippen molar-refractivity contribution in [1.82, 2.24) is 4.90 Å². The Morgan fingerprint density at radius 3 is 2.44 bits per heavy atom. The summed E-state index contributed by atoms with van der Waals surface area (Å²) in [6.07, 6.45) is 1.92. The summed E-state index contributed by atoms with van der Waals surface area (Å²) in [7, 11) is 0. The van der Waals surface area contributed by atoms with Crippen LogP contribution in [0.25, 0.3) is 6.08 Å². The molecule has 3 aromatic carbocycles. The molecule has 0 radical (unpaired) electrons. The summed E-state index contributed by atoms with van der Waals surface area (Å²) in [4.78, 5) is 20.2. The van der Waals surface area contributed by atoms with Crippen LogP contribution in [-0.4, -0.2) is 22.0 Å². The van der Waals surface area contributed by atoms with E-state index in [2.05, 4.69) is 25.1 Å². The third kappa shape index (κ3) is 5.29. The van der Waals surface area contributed by atoms with Gasteiger partial charge in [0.2, 0.25) is 0 Å². The Bertz CT molecular complexity index is 1150. The highest BCUT2D eigenvalue weighted by molar-refractivity contribution is 8.18. The predicted octanol–water partition coefficient (Wildman–Crippen LogP) is 6.59. The van der Waals surface area contributed by atoms with E-state index in [0.717, 1.165) is 22.6 Å². The number of ether oxygens (including phenoxy) is 1. The first-order valence-electron chi connectivity index (χ1n) is 10.6. The minimum absolute atomic E-state index is 0.0144. The van der Waals surface area contributed by atoms with Gasteiger partial charge >= 0.3 is 0 Å². The number of carbonyl (C=O) groups is 1. The van der Waals surface area contributed by atoms with Gasteiger partial charge in [0.1, 0.15) is 12.4 Å². The van der Waals surface area contributed by atoms with Crippen molar-refractivity contribution in [2.45, 2.75) is 33.4 Å². The molecule has 0 N–H and O–H groups in total. The van der Waals surface area contributed by atoms with Crippen LogP contribution in [0, 0.1) is 6.92 Å². The fourth-order valence-electron chi connectivity index (χ4n) is 3.41. The molecule has 0 aliphatic carbocycles. The van der Waals surface area contributed by atoms with Gasteiger partial charge in [-0.15, -0.1) is 0 Å². The SMILES string of the molecule is Cc1cccc(COc2ccc(/C=C3/SC(=Nc4ccccc4)N(C(C)C)C3=O)cc2)c1. The number of nitrogens with zero attached hydrogens (tertiary/aromatic N) is 2. The minimum Gasteiger partial charge on any atom is -0.489 e. The van der Waals surface area contributed by atoms with Crippen LogP contribution < -0.4 is 4.74 Å². The van der Waals surface area contributed by atoms with Crippen LogP contribution in [0.2, 0.25) is 0 Å². The fraction of sp³-hybridized carbons (Fsp3) is 0.185. The third-order valence-corrected chi connectivity index (χ3v) is 5.98. The molecule has 1 aliphatic rings. The molecule has 1 heterocycles. The Balaban J connectivity index is 1.49. The van der Waals surface area contributed by atoms with Gasteiger partial charge in [-0.2, -0.15) is 0 Å². The number of amidine groups is 1. The number of rotatable bonds is 6.